The van der Waals surface area contributed by atoms with Crippen molar-refractivity contribution in [2.24, 2.45) is 5.92 Å². The van der Waals surface area contributed by atoms with E-state index < -0.39 is 0 Å². The molecule has 3 heterocycles. The molecule has 5 nitrogen and oxygen atoms in total. The first-order valence-electron chi connectivity index (χ1n) is 18.9. The maximum Gasteiger partial charge on any atom is 0.247 e. The minimum Gasteiger partial charge on any atom is -0.418 e. The number of hydrogen-bond acceptors (Lipinski definition) is 5. The van der Waals surface area contributed by atoms with E-state index in [1.807, 2.05) is 24.3 Å². The van der Waals surface area contributed by atoms with Crippen molar-refractivity contribution in [2.45, 2.75) is 31.1 Å². The highest BCUT2D eigenvalue weighted by Gasteiger charge is 2.45. The van der Waals surface area contributed by atoms with E-state index in [0.717, 1.165) is 39.2 Å². The Kier molecular flexibility index (Phi) is 6.15. The van der Waals surface area contributed by atoms with Crippen LogP contribution in [0.3, 0.4) is 0 Å². The van der Waals surface area contributed by atoms with Gasteiger partial charge in [0.2, 0.25) is 11.6 Å². The molecular formula is C50H32N4O. The van der Waals surface area contributed by atoms with Crippen molar-refractivity contribution in [1.29, 1.82) is 0 Å². The van der Waals surface area contributed by atoms with Crippen LogP contribution in [-0.4, -0.2) is 19.9 Å². The monoisotopic (exact) mass is 704 g/mol. The second-order valence-electron chi connectivity index (χ2n) is 15.5. The van der Waals surface area contributed by atoms with Crippen LogP contribution in [0.4, 0.5) is 0 Å². The van der Waals surface area contributed by atoms with Crippen molar-refractivity contribution in [3.05, 3.63) is 162 Å². The maximum absolute atomic E-state index is 6.10. The van der Waals surface area contributed by atoms with Gasteiger partial charge in [0.05, 0.1) is 17.3 Å². The van der Waals surface area contributed by atoms with Crippen molar-refractivity contribution >= 4 is 49.6 Å². The normalized spacial score (nSPS) is 20.7. The maximum atomic E-state index is 6.10. The van der Waals surface area contributed by atoms with Gasteiger partial charge in [-0.15, -0.1) is 0 Å². The Balaban J connectivity index is 1.09. The molecule has 0 saturated carbocycles. The Morgan fingerprint density at radius 1 is 0.745 bits per heavy atom. The smallest absolute Gasteiger partial charge is 0.247 e. The first kappa shape index (κ1) is 30.6. The van der Waals surface area contributed by atoms with Gasteiger partial charge in [-0.1, -0.05) is 123 Å². The zero-order chi connectivity index (χ0) is 36.4. The van der Waals surface area contributed by atoms with Gasteiger partial charge >= 0.3 is 0 Å². The largest absolute Gasteiger partial charge is 0.418 e. The highest BCUT2D eigenvalue weighted by atomic mass is 16.4. The minimum atomic E-state index is -0.383. The molecule has 3 aromatic heterocycles. The second kappa shape index (κ2) is 11.1. The van der Waals surface area contributed by atoms with Gasteiger partial charge in [0.1, 0.15) is 5.52 Å². The lowest BCUT2D eigenvalue weighted by Gasteiger charge is -2.43. The molecule has 4 unspecified atom stereocenters. The van der Waals surface area contributed by atoms with E-state index in [2.05, 4.69) is 140 Å². The lowest BCUT2D eigenvalue weighted by Crippen LogP contribution is -2.36. The molecular weight excluding hydrogens is 673 g/mol. The molecule has 9 aromatic rings. The van der Waals surface area contributed by atoms with Crippen LogP contribution in [-0.2, 0) is 5.41 Å². The van der Waals surface area contributed by atoms with E-state index in [4.69, 9.17) is 19.4 Å². The number of allylic oxidation sites excluding steroid dienone is 3. The SMILES string of the molecule is CC1C=Cc2ccc3c4c2C1C=CC4(C)C(c1cc(-c2ccc4ccc5cccc6ccc2c4c56)nc(-c2cccc(-c4nc5cccnc5o4)c2)n1)C#C3. The average molecular weight is 705 g/mol. The van der Waals surface area contributed by atoms with Crippen LogP contribution in [0.1, 0.15) is 53.6 Å². The molecule has 4 atom stereocenters. The highest BCUT2D eigenvalue weighted by Crippen LogP contribution is 2.53. The van der Waals surface area contributed by atoms with Gasteiger partial charge in [0.25, 0.3) is 0 Å². The molecule has 55 heavy (non-hydrogen) atoms. The van der Waals surface area contributed by atoms with Crippen LogP contribution in [0.15, 0.2) is 138 Å². The van der Waals surface area contributed by atoms with Gasteiger partial charge in [0, 0.05) is 39.8 Å². The first-order chi connectivity index (χ1) is 27.0. The Hall–Kier alpha value is -6.90. The Morgan fingerprint density at radius 3 is 2.45 bits per heavy atom. The summed E-state index contributed by atoms with van der Waals surface area (Å²) in [6.07, 6.45) is 11.2. The van der Waals surface area contributed by atoms with E-state index in [1.54, 1.807) is 6.20 Å². The molecule has 6 aromatic carbocycles. The summed E-state index contributed by atoms with van der Waals surface area (Å²) in [5.41, 5.74) is 10.6. The molecule has 3 aliphatic rings. The summed E-state index contributed by atoms with van der Waals surface area (Å²) in [7, 11) is 0. The Bertz CT molecular complexity index is 3180. The molecule has 12 rings (SSSR count). The molecule has 0 fully saturated rings. The fraction of sp³-hybridized carbons (Fsp3) is 0.120. The molecule has 0 amide bonds. The summed E-state index contributed by atoms with van der Waals surface area (Å²) < 4.78 is 6.10. The molecule has 0 radical (unpaired) electrons. The fourth-order valence-corrected chi connectivity index (χ4v) is 9.57. The lowest BCUT2D eigenvalue weighted by molar-refractivity contribution is 0.488. The van der Waals surface area contributed by atoms with Gasteiger partial charge in [-0.25, -0.2) is 19.9 Å². The van der Waals surface area contributed by atoms with Crippen LogP contribution in [0.25, 0.3) is 83.7 Å². The number of pyridine rings is 1. The summed E-state index contributed by atoms with van der Waals surface area (Å²) in [6, 6.07) is 38.5. The van der Waals surface area contributed by atoms with Crippen LogP contribution in [0.2, 0.25) is 0 Å². The van der Waals surface area contributed by atoms with Crippen molar-refractivity contribution in [1.82, 2.24) is 19.9 Å². The van der Waals surface area contributed by atoms with Crippen LogP contribution < -0.4 is 0 Å². The summed E-state index contributed by atoms with van der Waals surface area (Å²) >= 11 is 0. The summed E-state index contributed by atoms with van der Waals surface area (Å²) in [5.74, 6) is 9.04. The number of fused-ring (bicyclic) bond motifs is 1. The van der Waals surface area contributed by atoms with Gasteiger partial charge in [-0.3, -0.25) is 0 Å². The number of nitrogens with zero attached hydrogens (tertiary/aromatic N) is 4. The quantitative estimate of drug-likeness (QED) is 0.104. The van der Waals surface area contributed by atoms with Gasteiger partial charge < -0.3 is 4.42 Å². The number of oxazole rings is 1. The Labute approximate surface area is 317 Å². The molecule has 3 aliphatic carbocycles. The molecule has 5 heteroatoms. The summed E-state index contributed by atoms with van der Waals surface area (Å²) in [4.78, 5) is 19.9. The van der Waals surface area contributed by atoms with Crippen molar-refractivity contribution in [3.8, 4) is 45.9 Å². The Morgan fingerprint density at radius 2 is 1.56 bits per heavy atom. The molecule has 0 N–H and O–H groups in total. The number of aromatic nitrogens is 4. The standard InChI is InChI=1S/C50H32N4O/c1-28-11-12-32-15-16-33-19-22-39(50(2)24-23-36(28)45(32)46(33)50)42-27-41(37-20-17-31-14-13-29-6-3-7-30-18-21-38(37)44(31)43(29)30)52-47(53-42)34-8-4-9-35(26-34)48-54-40-10-5-25-51-49(40)55-48/h3-18,20-21,23-28,36,39H,1-2H3. The van der Waals surface area contributed by atoms with E-state index in [9.17, 15) is 0 Å². The average Bonchev–Trinajstić information content (AvgIpc) is 3.67. The topological polar surface area (TPSA) is 64.7 Å². The minimum absolute atomic E-state index is 0.198. The molecule has 0 saturated heterocycles. The van der Waals surface area contributed by atoms with Crippen LogP contribution in [0.5, 0.6) is 0 Å². The van der Waals surface area contributed by atoms with E-state index in [1.165, 1.54) is 49.0 Å². The van der Waals surface area contributed by atoms with Crippen molar-refractivity contribution < 1.29 is 4.42 Å². The number of hydrogen-bond donors (Lipinski definition) is 0. The van der Waals surface area contributed by atoms with Gasteiger partial charge in [-0.05, 0) is 91.3 Å². The van der Waals surface area contributed by atoms with Gasteiger partial charge in [0.15, 0.2) is 5.82 Å². The zero-order valence-corrected chi connectivity index (χ0v) is 30.2. The van der Waals surface area contributed by atoms with E-state index in [0.29, 0.717) is 29.3 Å². The number of rotatable bonds is 4. The highest BCUT2D eigenvalue weighted by molar-refractivity contribution is 6.25. The third-order valence-corrected chi connectivity index (χ3v) is 12.3. The van der Waals surface area contributed by atoms with Crippen LogP contribution in [0, 0.1) is 17.8 Å². The lowest BCUT2D eigenvalue weighted by atomic mass is 9.59. The van der Waals surface area contributed by atoms with E-state index >= 15 is 0 Å². The van der Waals surface area contributed by atoms with Crippen molar-refractivity contribution in [2.75, 3.05) is 0 Å². The predicted molar refractivity (Wildman–Crippen MR) is 221 cm³/mol. The summed E-state index contributed by atoms with van der Waals surface area (Å²) in [6.45, 7) is 4.66. The van der Waals surface area contributed by atoms with Crippen molar-refractivity contribution in [3.63, 3.8) is 0 Å². The third kappa shape index (κ3) is 4.37. The third-order valence-electron chi connectivity index (χ3n) is 12.3. The molecule has 0 aliphatic heterocycles. The van der Waals surface area contributed by atoms with Gasteiger partial charge in [-0.2, -0.15) is 0 Å². The summed E-state index contributed by atoms with van der Waals surface area (Å²) in [5, 5.41) is 7.41. The molecule has 0 bridgehead atoms. The van der Waals surface area contributed by atoms with Crippen LogP contribution >= 0.6 is 0 Å². The predicted octanol–water partition coefficient (Wildman–Crippen LogP) is 11.6. The fourth-order valence-electron chi connectivity index (χ4n) is 9.57. The first-order valence-corrected chi connectivity index (χ1v) is 18.9. The van der Waals surface area contributed by atoms with E-state index in [-0.39, 0.29) is 11.3 Å². The number of benzene rings is 6. The molecule has 258 valence electrons. The second-order valence-corrected chi connectivity index (χ2v) is 15.5. The molecule has 0 spiro atoms. The zero-order valence-electron chi connectivity index (χ0n) is 30.2.